The Bertz CT molecular complexity index is 434. The second-order valence-corrected chi connectivity index (χ2v) is 6.43. The molecule has 0 bridgehead atoms. The van der Waals surface area contributed by atoms with Gasteiger partial charge in [-0.25, -0.2) is 4.98 Å². The lowest BCUT2D eigenvalue weighted by atomic mass is 9.87. The molecule has 1 heterocycles. The molecule has 1 amide bonds. The van der Waals surface area contributed by atoms with Gasteiger partial charge in [-0.15, -0.1) is 0 Å². The third-order valence-electron chi connectivity index (χ3n) is 2.70. The van der Waals surface area contributed by atoms with E-state index in [0.29, 0.717) is 10.8 Å². The first-order valence-electron chi connectivity index (χ1n) is 6.35. The first kappa shape index (κ1) is 15.9. The maximum Gasteiger partial charge on any atom is 0.226 e. The lowest BCUT2D eigenvalue weighted by Crippen LogP contribution is -2.31. The molecule has 0 saturated heterocycles. The zero-order valence-corrected chi connectivity index (χ0v) is 12.7. The second kappa shape index (κ2) is 6.35. The van der Waals surface area contributed by atoms with E-state index in [1.54, 1.807) is 12.3 Å². The molecule has 0 aliphatic rings. The standard InChI is InChI=1S/C14H22ClN3O/c1-9-5-6-17-13(15)12(9)18-11(19)7-10(16)8-14(2,3)4/h5-6,10H,7-8,16H2,1-4H3,(H,18,19). The van der Waals surface area contributed by atoms with Crippen molar-refractivity contribution in [2.24, 2.45) is 11.1 Å². The van der Waals surface area contributed by atoms with Crippen molar-refractivity contribution in [1.29, 1.82) is 0 Å². The number of carbonyl (C=O) groups excluding carboxylic acids is 1. The van der Waals surface area contributed by atoms with Gasteiger partial charge in [0.2, 0.25) is 5.91 Å². The molecule has 19 heavy (non-hydrogen) atoms. The maximum absolute atomic E-state index is 11.9. The molecule has 3 N–H and O–H groups in total. The van der Waals surface area contributed by atoms with Crippen molar-refractivity contribution in [1.82, 2.24) is 4.98 Å². The van der Waals surface area contributed by atoms with Crippen LogP contribution < -0.4 is 11.1 Å². The van der Waals surface area contributed by atoms with Crippen LogP contribution in [0, 0.1) is 12.3 Å². The molecule has 0 saturated carbocycles. The molecule has 0 aliphatic carbocycles. The molecule has 4 nitrogen and oxygen atoms in total. The fourth-order valence-electron chi connectivity index (χ4n) is 1.96. The fraction of sp³-hybridized carbons (Fsp3) is 0.571. The highest BCUT2D eigenvalue weighted by atomic mass is 35.5. The Hall–Kier alpha value is -1.13. The highest BCUT2D eigenvalue weighted by Gasteiger charge is 2.19. The van der Waals surface area contributed by atoms with E-state index in [2.05, 4.69) is 31.1 Å². The van der Waals surface area contributed by atoms with Crippen LogP contribution in [0.1, 0.15) is 39.2 Å². The summed E-state index contributed by atoms with van der Waals surface area (Å²) in [7, 11) is 0. The van der Waals surface area contributed by atoms with E-state index in [0.717, 1.165) is 12.0 Å². The van der Waals surface area contributed by atoms with E-state index in [1.807, 2.05) is 6.92 Å². The number of nitrogens with zero attached hydrogens (tertiary/aromatic N) is 1. The SMILES string of the molecule is Cc1ccnc(Cl)c1NC(=O)CC(N)CC(C)(C)C. The van der Waals surface area contributed by atoms with E-state index in [4.69, 9.17) is 17.3 Å². The Kier molecular flexibility index (Phi) is 5.32. The van der Waals surface area contributed by atoms with E-state index in [-0.39, 0.29) is 23.8 Å². The third-order valence-corrected chi connectivity index (χ3v) is 2.99. The summed E-state index contributed by atoms with van der Waals surface area (Å²) in [4.78, 5) is 15.9. The number of hydrogen-bond acceptors (Lipinski definition) is 3. The number of pyridine rings is 1. The van der Waals surface area contributed by atoms with Gasteiger partial charge < -0.3 is 11.1 Å². The zero-order chi connectivity index (χ0) is 14.6. The minimum Gasteiger partial charge on any atom is -0.327 e. The molecule has 0 spiro atoms. The van der Waals surface area contributed by atoms with Crippen molar-refractivity contribution in [3.8, 4) is 0 Å². The molecule has 1 aromatic heterocycles. The predicted molar refractivity (Wildman–Crippen MR) is 79.3 cm³/mol. The number of anilines is 1. The zero-order valence-electron chi connectivity index (χ0n) is 12.0. The monoisotopic (exact) mass is 283 g/mol. The Balaban J connectivity index is 2.61. The van der Waals surface area contributed by atoms with Gasteiger partial charge in [0.25, 0.3) is 0 Å². The van der Waals surface area contributed by atoms with Crippen molar-refractivity contribution >= 4 is 23.2 Å². The molecule has 0 aromatic carbocycles. The lowest BCUT2D eigenvalue weighted by Gasteiger charge is -2.22. The Morgan fingerprint density at radius 1 is 1.53 bits per heavy atom. The Morgan fingerprint density at radius 2 is 2.16 bits per heavy atom. The van der Waals surface area contributed by atoms with Crippen LogP contribution in [0.3, 0.4) is 0 Å². The van der Waals surface area contributed by atoms with Crippen LogP contribution in [0.25, 0.3) is 0 Å². The molecule has 5 heteroatoms. The summed E-state index contributed by atoms with van der Waals surface area (Å²) in [6.45, 7) is 8.19. The predicted octanol–water partition coefficient (Wildman–Crippen LogP) is 3.14. The number of carbonyl (C=O) groups is 1. The number of amides is 1. The number of aromatic nitrogens is 1. The van der Waals surface area contributed by atoms with E-state index in [9.17, 15) is 4.79 Å². The van der Waals surface area contributed by atoms with Crippen molar-refractivity contribution < 1.29 is 4.79 Å². The first-order chi connectivity index (χ1) is 8.69. The summed E-state index contributed by atoms with van der Waals surface area (Å²) < 4.78 is 0. The van der Waals surface area contributed by atoms with Crippen LogP contribution >= 0.6 is 11.6 Å². The van der Waals surface area contributed by atoms with Crippen molar-refractivity contribution in [2.75, 3.05) is 5.32 Å². The minimum absolute atomic E-state index is 0.113. The third kappa shape index (κ3) is 5.57. The molecule has 1 atom stereocenters. The van der Waals surface area contributed by atoms with Crippen molar-refractivity contribution in [2.45, 2.75) is 46.6 Å². The summed E-state index contributed by atoms with van der Waals surface area (Å²) >= 11 is 5.96. The first-order valence-corrected chi connectivity index (χ1v) is 6.73. The van der Waals surface area contributed by atoms with Gasteiger partial charge in [0.05, 0.1) is 5.69 Å². The quantitative estimate of drug-likeness (QED) is 0.834. The van der Waals surface area contributed by atoms with Gasteiger partial charge >= 0.3 is 0 Å². The van der Waals surface area contributed by atoms with Crippen LogP contribution in [-0.2, 0) is 4.79 Å². The fourth-order valence-corrected chi connectivity index (χ4v) is 2.22. The van der Waals surface area contributed by atoms with Crippen LogP contribution in [0.5, 0.6) is 0 Å². The van der Waals surface area contributed by atoms with Crippen molar-refractivity contribution in [3.63, 3.8) is 0 Å². The summed E-state index contributed by atoms with van der Waals surface area (Å²) in [6.07, 6.45) is 2.68. The average Bonchev–Trinajstić information content (AvgIpc) is 2.20. The van der Waals surface area contributed by atoms with Gasteiger partial charge in [0.1, 0.15) is 0 Å². The Labute approximate surface area is 119 Å². The molecule has 1 unspecified atom stereocenters. The molecule has 0 fully saturated rings. The Morgan fingerprint density at radius 3 is 2.68 bits per heavy atom. The molecular formula is C14H22ClN3O. The topological polar surface area (TPSA) is 68.0 Å². The number of nitrogens with one attached hydrogen (secondary N) is 1. The van der Waals surface area contributed by atoms with Crippen LogP contribution in [0.4, 0.5) is 5.69 Å². The van der Waals surface area contributed by atoms with Gasteiger partial charge in [-0.05, 0) is 30.4 Å². The lowest BCUT2D eigenvalue weighted by molar-refractivity contribution is -0.116. The molecule has 1 aromatic rings. The molecule has 106 valence electrons. The van der Waals surface area contributed by atoms with Crippen LogP contribution in [0.15, 0.2) is 12.3 Å². The van der Waals surface area contributed by atoms with E-state index in [1.165, 1.54) is 0 Å². The summed E-state index contributed by atoms with van der Waals surface area (Å²) in [5.74, 6) is -0.130. The largest absolute Gasteiger partial charge is 0.327 e. The van der Waals surface area contributed by atoms with Gasteiger partial charge in [-0.3, -0.25) is 4.79 Å². The van der Waals surface area contributed by atoms with Gasteiger partial charge in [0.15, 0.2) is 5.15 Å². The average molecular weight is 284 g/mol. The van der Waals surface area contributed by atoms with Gasteiger partial charge in [0, 0.05) is 18.7 Å². The highest BCUT2D eigenvalue weighted by molar-refractivity contribution is 6.32. The molecular weight excluding hydrogens is 262 g/mol. The normalized spacial score (nSPS) is 13.2. The second-order valence-electron chi connectivity index (χ2n) is 6.07. The van der Waals surface area contributed by atoms with Crippen LogP contribution in [0.2, 0.25) is 5.15 Å². The summed E-state index contributed by atoms with van der Waals surface area (Å²) in [5, 5.41) is 3.09. The van der Waals surface area contributed by atoms with E-state index >= 15 is 0 Å². The van der Waals surface area contributed by atoms with E-state index < -0.39 is 0 Å². The number of aryl methyl sites for hydroxylation is 1. The van der Waals surface area contributed by atoms with Crippen LogP contribution in [-0.4, -0.2) is 16.9 Å². The number of halogens is 1. The minimum atomic E-state index is -0.157. The highest BCUT2D eigenvalue weighted by Crippen LogP contribution is 2.24. The molecule has 0 radical (unpaired) electrons. The summed E-state index contributed by atoms with van der Waals surface area (Å²) in [5.41, 5.74) is 7.55. The number of nitrogens with two attached hydrogens (primary N) is 1. The number of hydrogen-bond donors (Lipinski definition) is 2. The molecule has 0 aliphatic heterocycles. The van der Waals surface area contributed by atoms with Gasteiger partial charge in [-0.1, -0.05) is 32.4 Å². The maximum atomic E-state index is 11.9. The molecule has 1 rings (SSSR count). The van der Waals surface area contributed by atoms with Gasteiger partial charge in [-0.2, -0.15) is 0 Å². The smallest absolute Gasteiger partial charge is 0.226 e. The number of rotatable bonds is 4. The summed E-state index contributed by atoms with van der Waals surface area (Å²) in [6, 6.07) is 1.65. The van der Waals surface area contributed by atoms with Crippen molar-refractivity contribution in [3.05, 3.63) is 23.0 Å².